The normalized spacial score (nSPS) is 11.5. The van der Waals surface area contributed by atoms with E-state index in [0.717, 1.165) is 10.6 Å². The SMILES string of the molecule is CCOc1ccc(NC(=O)C(C)Sc2ccc(NC(=O)c3ccc(F)cc3)cc2)cc1. The van der Waals surface area contributed by atoms with Crippen LogP contribution in [0.2, 0.25) is 0 Å². The van der Waals surface area contributed by atoms with Crippen molar-refractivity contribution in [3.63, 3.8) is 0 Å². The first-order valence-corrected chi connectivity index (χ1v) is 10.7. The van der Waals surface area contributed by atoms with E-state index in [0.29, 0.717) is 23.5 Å². The molecule has 0 aromatic heterocycles. The summed E-state index contributed by atoms with van der Waals surface area (Å²) in [6.07, 6.45) is 0. The zero-order chi connectivity index (χ0) is 22.2. The first-order valence-electron chi connectivity index (χ1n) is 9.82. The molecule has 31 heavy (non-hydrogen) atoms. The number of hydrogen-bond acceptors (Lipinski definition) is 4. The average molecular weight is 439 g/mol. The van der Waals surface area contributed by atoms with Gasteiger partial charge in [0.05, 0.1) is 11.9 Å². The van der Waals surface area contributed by atoms with Gasteiger partial charge in [-0.15, -0.1) is 11.8 Å². The predicted octanol–water partition coefficient (Wildman–Crippen LogP) is 5.60. The van der Waals surface area contributed by atoms with Crippen LogP contribution >= 0.6 is 11.8 Å². The third-order valence-electron chi connectivity index (χ3n) is 4.33. The monoisotopic (exact) mass is 438 g/mol. The molecule has 2 amide bonds. The summed E-state index contributed by atoms with van der Waals surface area (Å²) >= 11 is 1.42. The summed E-state index contributed by atoms with van der Waals surface area (Å²) in [7, 11) is 0. The maximum absolute atomic E-state index is 13.0. The van der Waals surface area contributed by atoms with Gasteiger partial charge in [-0.1, -0.05) is 0 Å². The second-order valence-electron chi connectivity index (χ2n) is 6.69. The summed E-state index contributed by atoms with van der Waals surface area (Å²) in [5, 5.41) is 5.35. The molecule has 7 heteroatoms. The molecule has 0 aliphatic carbocycles. The van der Waals surface area contributed by atoms with Crippen LogP contribution in [0.5, 0.6) is 5.75 Å². The zero-order valence-electron chi connectivity index (χ0n) is 17.2. The molecule has 0 spiro atoms. The molecule has 0 heterocycles. The van der Waals surface area contributed by atoms with E-state index in [-0.39, 0.29) is 17.1 Å². The molecule has 0 aliphatic heterocycles. The van der Waals surface area contributed by atoms with Crippen LogP contribution in [-0.4, -0.2) is 23.7 Å². The molecule has 160 valence electrons. The average Bonchev–Trinajstić information content (AvgIpc) is 2.77. The van der Waals surface area contributed by atoms with E-state index in [4.69, 9.17) is 4.74 Å². The Kier molecular flexibility index (Phi) is 7.67. The molecular weight excluding hydrogens is 415 g/mol. The Balaban J connectivity index is 1.52. The Morgan fingerprint density at radius 1 is 0.903 bits per heavy atom. The van der Waals surface area contributed by atoms with Gasteiger partial charge in [0.1, 0.15) is 11.6 Å². The Morgan fingerprint density at radius 3 is 2.10 bits per heavy atom. The lowest BCUT2D eigenvalue weighted by atomic mass is 10.2. The highest BCUT2D eigenvalue weighted by molar-refractivity contribution is 8.00. The quantitative estimate of drug-likeness (QED) is 0.450. The van der Waals surface area contributed by atoms with Crippen LogP contribution in [0.1, 0.15) is 24.2 Å². The van der Waals surface area contributed by atoms with Crippen molar-refractivity contribution >= 4 is 35.0 Å². The number of anilines is 2. The van der Waals surface area contributed by atoms with Crippen LogP contribution in [0.3, 0.4) is 0 Å². The summed E-state index contributed by atoms with van der Waals surface area (Å²) in [4.78, 5) is 25.6. The first kappa shape index (κ1) is 22.4. The largest absolute Gasteiger partial charge is 0.494 e. The topological polar surface area (TPSA) is 67.4 Å². The molecule has 1 unspecified atom stereocenters. The fourth-order valence-electron chi connectivity index (χ4n) is 2.72. The van der Waals surface area contributed by atoms with Crippen molar-refractivity contribution in [2.75, 3.05) is 17.2 Å². The zero-order valence-corrected chi connectivity index (χ0v) is 18.0. The molecule has 3 aromatic carbocycles. The Labute approximate surface area is 185 Å². The van der Waals surface area contributed by atoms with E-state index < -0.39 is 5.82 Å². The number of carbonyl (C=O) groups is 2. The van der Waals surface area contributed by atoms with Gasteiger partial charge in [-0.2, -0.15) is 0 Å². The van der Waals surface area contributed by atoms with Gasteiger partial charge in [0.15, 0.2) is 0 Å². The van der Waals surface area contributed by atoms with Crippen molar-refractivity contribution in [2.45, 2.75) is 24.0 Å². The van der Waals surface area contributed by atoms with Crippen LogP contribution < -0.4 is 15.4 Å². The molecule has 5 nitrogen and oxygen atoms in total. The minimum Gasteiger partial charge on any atom is -0.494 e. The fourth-order valence-corrected chi connectivity index (χ4v) is 3.59. The third kappa shape index (κ3) is 6.58. The van der Waals surface area contributed by atoms with Gasteiger partial charge >= 0.3 is 0 Å². The summed E-state index contributed by atoms with van der Waals surface area (Å²) in [5.74, 6) is -0.0560. The lowest BCUT2D eigenvalue weighted by molar-refractivity contribution is -0.115. The van der Waals surface area contributed by atoms with Crippen LogP contribution in [-0.2, 0) is 4.79 Å². The van der Waals surface area contributed by atoms with Crippen LogP contribution in [0, 0.1) is 5.82 Å². The maximum Gasteiger partial charge on any atom is 0.255 e. The van der Waals surface area contributed by atoms with Crippen molar-refractivity contribution in [3.05, 3.63) is 84.2 Å². The Hall–Kier alpha value is -3.32. The number of amides is 2. The molecule has 0 saturated carbocycles. The molecule has 0 bridgehead atoms. The van der Waals surface area contributed by atoms with Gasteiger partial charge < -0.3 is 15.4 Å². The molecule has 0 aliphatic rings. The minimum absolute atomic E-state index is 0.108. The molecule has 0 saturated heterocycles. The lowest BCUT2D eigenvalue weighted by Gasteiger charge is -2.13. The van der Waals surface area contributed by atoms with Crippen LogP contribution in [0.15, 0.2) is 77.7 Å². The number of rotatable bonds is 8. The number of carbonyl (C=O) groups excluding carboxylic acids is 2. The molecule has 3 aromatic rings. The van der Waals surface area contributed by atoms with Crippen molar-refractivity contribution in [1.82, 2.24) is 0 Å². The van der Waals surface area contributed by atoms with Gasteiger partial charge in [-0.05, 0) is 86.6 Å². The van der Waals surface area contributed by atoms with E-state index in [2.05, 4.69) is 10.6 Å². The van der Waals surface area contributed by atoms with E-state index in [1.165, 1.54) is 36.0 Å². The van der Waals surface area contributed by atoms with Crippen molar-refractivity contribution in [2.24, 2.45) is 0 Å². The van der Waals surface area contributed by atoms with Gasteiger partial charge in [-0.3, -0.25) is 9.59 Å². The first-order chi connectivity index (χ1) is 14.9. The standard InChI is InChI=1S/C24H23FN2O3S/c1-3-30-21-12-8-19(9-13-21)26-23(28)16(2)31-22-14-10-20(11-15-22)27-24(29)17-4-6-18(25)7-5-17/h4-16H,3H2,1-2H3,(H,26,28)(H,27,29). The number of hydrogen-bond donors (Lipinski definition) is 2. The molecule has 0 radical (unpaired) electrons. The smallest absolute Gasteiger partial charge is 0.255 e. The molecule has 1 atom stereocenters. The molecule has 2 N–H and O–H groups in total. The van der Waals surface area contributed by atoms with E-state index in [1.807, 2.05) is 38.1 Å². The molecule has 3 rings (SSSR count). The maximum atomic E-state index is 13.0. The third-order valence-corrected chi connectivity index (χ3v) is 5.45. The molecular formula is C24H23FN2O3S. The van der Waals surface area contributed by atoms with E-state index >= 15 is 0 Å². The van der Waals surface area contributed by atoms with Gasteiger partial charge in [0.25, 0.3) is 5.91 Å². The van der Waals surface area contributed by atoms with Crippen LogP contribution in [0.4, 0.5) is 15.8 Å². The second kappa shape index (κ2) is 10.6. The molecule has 0 fully saturated rings. The highest BCUT2D eigenvalue weighted by atomic mass is 32.2. The van der Waals surface area contributed by atoms with Gasteiger partial charge in [0.2, 0.25) is 5.91 Å². The van der Waals surface area contributed by atoms with Gasteiger partial charge in [-0.25, -0.2) is 4.39 Å². The number of nitrogens with one attached hydrogen (secondary N) is 2. The highest BCUT2D eigenvalue weighted by Crippen LogP contribution is 2.26. The minimum atomic E-state index is -0.390. The van der Waals surface area contributed by atoms with Crippen molar-refractivity contribution in [1.29, 1.82) is 0 Å². The Morgan fingerprint density at radius 2 is 1.48 bits per heavy atom. The number of thioether (sulfide) groups is 1. The number of halogens is 1. The number of ether oxygens (including phenoxy) is 1. The predicted molar refractivity (Wildman–Crippen MR) is 122 cm³/mol. The van der Waals surface area contributed by atoms with Crippen LogP contribution in [0.25, 0.3) is 0 Å². The van der Waals surface area contributed by atoms with Crippen molar-refractivity contribution in [3.8, 4) is 5.75 Å². The number of benzene rings is 3. The summed E-state index contributed by atoms with van der Waals surface area (Å²) < 4.78 is 18.4. The summed E-state index contributed by atoms with van der Waals surface area (Å²) in [5.41, 5.74) is 1.70. The lowest BCUT2D eigenvalue weighted by Crippen LogP contribution is -2.22. The van der Waals surface area contributed by atoms with E-state index in [9.17, 15) is 14.0 Å². The highest BCUT2D eigenvalue weighted by Gasteiger charge is 2.15. The van der Waals surface area contributed by atoms with Crippen molar-refractivity contribution < 1.29 is 18.7 Å². The Bertz CT molecular complexity index is 1020. The van der Waals surface area contributed by atoms with Gasteiger partial charge in [0, 0.05) is 21.8 Å². The summed E-state index contributed by atoms with van der Waals surface area (Å²) in [6.45, 7) is 4.34. The summed E-state index contributed by atoms with van der Waals surface area (Å²) in [6, 6.07) is 19.8. The fraction of sp³-hybridized carbons (Fsp3) is 0.167. The van der Waals surface area contributed by atoms with E-state index in [1.54, 1.807) is 24.3 Å². The second-order valence-corrected chi connectivity index (χ2v) is 8.11.